The number of rotatable bonds is 6. The highest BCUT2D eigenvalue weighted by Crippen LogP contribution is 2.00. The third-order valence-electron chi connectivity index (χ3n) is 1.88. The molecule has 0 atom stereocenters. The van der Waals surface area contributed by atoms with Crippen LogP contribution in [0.3, 0.4) is 0 Å². The van der Waals surface area contributed by atoms with Crippen LogP contribution >= 0.6 is 0 Å². The first-order chi connectivity index (χ1) is 8.92. The van der Waals surface area contributed by atoms with E-state index < -0.39 is 18.4 Å². The first-order valence-electron chi connectivity index (χ1n) is 6.10. The average Bonchev–Trinajstić information content (AvgIpc) is 2.37. The second kappa shape index (κ2) is 7.27. The molecule has 1 aromatic carbocycles. The number of carbonyl (C=O) groups is 2. The molecule has 5 nitrogen and oxygen atoms in total. The van der Waals surface area contributed by atoms with E-state index in [1.165, 1.54) is 0 Å². The normalized spacial score (nSPS) is 12.2. The third-order valence-corrected chi connectivity index (χ3v) is 1.88. The average molecular weight is 239 g/mol. The third kappa shape index (κ3) is 6.19. The zero-order chi connectivity index (χ0) is 14.3. The molecule has 1 amide bonds. The zero-order valence-electron chi connectivity index (χ0n) is 11.2. The summed E-state index contributed by atoms with van der Waals surface area (Å²) in [6.45, 7) is 0.00538. The minimum Gasteiger partial charge on any atom is -0.481 e. The van der Waals surface area contributed by atoms with E-state index in [1.54, 1.807) is 12.1 Å². The second-order valence-electron chi connectivity index (χ2n) is 3.22. The van der Waals surface area contributed by atoms with E-state index in [0.717, 1.165) is 5.56 Å². The van der Waals surface area contributed by atoms with Crippen LogP contribution in [0.25, 0.3) is 0 Å². The minimum atomic E-state index is -2.35. The van der Waals surface area contributed by atoms with Crippen molar-refractivity contribution in [3.8, 4) is 0 Å². The van der Waals surface area contributed by atoms with Gasteiger partial charge in [0.25, 0.3) is 0 Å². The Hall–Kier alpha value is -2.04. The molecule has 0 radical (unpaired) electrons. The van der Waals surface area contributed by atoms with Crippen LogP contribution in [0, 0.1) is 0 Å². The molecule has 1 rings (SSSR count). The van der Waals surface area contributed by atoms with Crippen molar-refractivity contribution in [3.05, 3.63) is 35.9 Å². The molecule has 0 unspecified atom stereocenters. The maximum atomic E-state index is 11.3. The van der Waals surface area contributed by atoms with Gasteiger partial charge in [-0.1, -0.05) is 30.3 Å². The van der Waals surface area contributed by atoms with Crippen molar-refractivity contribution in [3.63, 3.8) is 0 Å². The highest BCUT2D eigenvalue weighted by Gasteiger charge is 2.02. The number of amides is 1. The molecule has 17 heavy (non-hydrogen) atoms. The summed E-state index contributed by atoms with van der Waals surface area (Å²) in [5, 5.41) is 10.8. The molecule has 0 bridgehead atoms. The van der Waals surface area contributed by atoms with Crippen LogP contribution in [-0.4, -0.2) is 23.7 Å². The summed E-state index contributed by atoms with van der Waals surface area (Å²) >= 11 is 0. The Labute approximate surface area is 102 Å². The monoisotopic (exact) mass is 239 g/mol. The number of benzene rings is 1. The lowest BCUT2D eigenvalue weighted by Crippen LogP contribution is -2.25. The van der Waals surface area contributed by atoms with E-state index in [9.17, 15) is 9.59 Å². The Kier molecular flexibility index (Phi) is 4.33. The van der Waals surface area contributed by atoms with Crippen molar-refractivity contribution < 1.29 is 22.2 Å². The van der Waals surface area contributed by atoms with Crippen LogP contribution in [0.2, 0.25) is 0 Å². The van der Waals surface area contributed by atoms with Gasteiger partial charge in [0.1, 0.15) is 6.61 Å². The molecule has 0 saturated heterocycles. The Balaban J connectivity index is 2.24. The lowest BCUT2D eigenvalue weighted by atomic mass is 10.2. The number of hydrogen-bond donors (Lipinski definition) is 2. The fourth-order valence-electron chi connectivity index (χ4n) is 1.11. The van der Waals surface area contributed by atoms with Gasteiger partial charge >= 0.3 is 12.1 Å². The van der Waals surface area contributed by atoms with Crippen molar-refractivity contribution >= 4 is 12.1 Å². The van der Waals surface area contributed by atoms with Gasteiger partial charge in [-0.2, -0.15) is 0 Å². The summed E-state index contributed by atoms with van der Waals surface area (Å²) in [6.07, 6.45) is -3.37. The quantitative estimate of drug-likeness (QED) is 0.793. The fourth-order valence-corrected chi connectivity index (χ4v) is 1.11. The van der Waals surface area contributed by atoms with Gasteiger partial charge in [0.15, 0.2) is 0 Å². The van der Waals surface area contributed by atoms with Crippen molar-refractivity contribution in [2.24, 2.45) is 0 Å². The first-order valence-corrected chi connectivity index (χ1v) is 5.10. The number of carboxylic acids is 1. The van der Waals surface area contributed by atoms with Gasteiger partial charge in [-0.25, -0.2) is 4.79 Å². The minimum absolute atomic E-state index is 0.104. The number of alkyl carbamates (subject to hydrolysis) is 1. The summed E-state index contributed by atoms with van der Waals surface area (Å²) in [4.78, 5) is 21.8. The number of nitrogens with one attached hydrogen (secondary N) is 1. The van der Waals surface area contributed by atoms with E-state index in [-0.39, 0.29) is 19.6 Å². The highest BCUT2D eigenvalue weighted by atomic mass is 16.5. The molecule has 2 N–H and O–H groups in total. The zero-order valence-corrected chi connectivity index (χ0v) is 9.18. The van der Waals surface area contributed by atoms with Crippen molar-refractivity contribution in [2.45, 2.75) is 19.4 Å². The molecular formula is C12H15NO4. The van der Waals surface area contributed by atoms with E-state index in [0.29, 0.717) is 0 Å². The molecule has 0 heterocycles. The van der Waals surface area contributed by atoms with Crippen LogP contribution < -0.4 is 5.32 Å². The van der Waals surface area contributed by atoms with Crippen LogP contribution in [0.5, 0.6) is 0 Å². The van der Waals surface area contributed by atoms with Crippen LogP contribution in [-0.2, 0) is 16.1 Å². The molecule has 0 spiro atoms. The maximum absolute atomic E-state index is 11.3. The van der Waals surface area contributed by atoms with Crippen LogP contribution in [0.1, 0.15) is 21.1 Å². The number of carbonyl (C=O) groups excluding carboxylic acids is 1. The van der Waals surface area contributed by atoms with Gasteiger partial charge in [-0.05, 0) is 12.0 Å². The SMILES string of the molecule is [2H]C([2H])(CCNC(=O)OCc1ccccc1)C(=O)O. The molecule has 0 saturated carbocycles. The van der Waals surface area contributed by atoms with E-state index >= 15 is 0 Å². The summed E-state index contributed by atoms with van der Waals surface area (Å²) in [7, 11) is 0. The Morgan fingerprint density at radius 2 is 2.06 bits per heavy atom. The lowest BCUT2D eigenvalue weighted by molar-refractivity contribution is -0.137. The number of carboxylic acid groups (broad SMARTS) is 1. The topological polar surface area (TPSA) is 75.6 Å². The van der Waals surface area contributed by atoms with Gasteiger partial charge in [-0.15, -0.1) is 0 Å². The second-order valence-corrected chi connectivity index (χ2v) is 3.22. The highest BCUT2D eigenvalue weighted by molar-refractivity contribution is 5.68. The van der Waals surface area contributed by atoms with Gasteiger partial charge in [0, 0.05) is 15.7 Å². The van der Waals surface area contributed by atoms with E-state index in [2.05, 4.69) is 5.32 Å². The Morgan fingerprint density at radius 3 is 2.71 bits per heavy atom. The molecule has 0 aliphatic rings. The van der Waals surface area contributed by atoms with Gasteiger partial charge < -0.3 is 15.2 Å². The standard InChI is InChI=1S/C12H15NO4/c14-11(15)7-4-8-13-12(16)17-9-10-5-2-1-3-6-10/h1-3,5-6H,4,7-9H2,(H,13,16)(H,14,15)/i7D2. The predicted octanol–water partition coefficient (Wildman–Crippen LogP) is 1.78. The number of aliphatic carboxylic acids is 1. The van der Waals surface area contributed by atoms with E-state index in [1.807, 2.05) is 18.2 Å². The van der Waals surface area contributed by atoms with Gasteiger partial charge in [-0.3, -0.25) is 4.79 Å². The van der Waals surface area contributed by atoms with Crippen molar-refractivity contribution in [1.82, 2.24) is 5.32 Å². The summed E-state index contributed by atoms with van der Waals surface area (Å²) < 4.78 is 19.2. The Morgan fingerprint density at radius 1 is 1.35 bits per heavy atom. The molecule has 1 aromatic rings. The van der Waals surface area contributed by atoms with Crippen molar-refractivity contribution in [1.29, 1.82) is 0 Å². The molecule has 0 aliphatic carbocycles. The molecule has 5 heteroatoms. The van der Waals surface area contributed by atoms with Gasteiger partial charge in [0.2, 0.25) is 0 Å². The molecular weight excluding hydrogens is 222 g/mol. The molecule has 0 aromatic heterocycles. The Bertz CT molecular complexity index is 437. The number of ether oxygens (including phenoxy) is 1. The lowest BCUT2D eigenvalue weighted by Gasteiger charge is -2.06. The maximum Gasteiger partial charge on any atom is 0.407 e. The first kappa shape index (κ1) is 10.1. The summed E-state index contributed by atoms with van der Waals surface area (Å²) in [5.74, 6) is -1.55. The molecule has 92 valence electrons. The van der Waals surface area contributed by atoms with Crippen molar-refractivity contribution in [2.75, 3.05) is 6.54 Å². The predicted molar refractivity (Wildman–Crippen MR) is 61.5 cm³/mol. The van der Waals surface area contributed by atoms with Gasteiger partial charge in [0.05, 0.1) is 0 Å². The molecule has 0 aliphatic heterocycles. The van der Waals surface area contributed by atoms with Crippen LogP contribution in [0.15, 0.2) is 30.3 Å². The smallest absolute Gasteiger partial charge is 0.407 e. The largest absolute Gasteiger partial charge is 0.481 e. The van der Waals surface area contributed by atoms with E-state index in [4.69, 9.17) is 12.6 Å². The summed E-state index contributed by atoms with van der Waals surface area (Å²) in [6, 6.07) is 9.08. The fraction of sp³-hybridized carbons (Fsp3) is 0.333. The number of hydrogen-bond acceptors (Lipinski definition) is 3. The van der Waals surface area contributed by atoms with Crippen LogP contribution in [0.4, 0.5) is 4.79 Å². The molecule has 0 fully saturated rings. The summed E-state index contributed by atoms with van der Waals surface area (Å²) in [5.41, 5.74) is 0.832.